The molecule has 1 aliphatic rings. The number of anilines is 1. The highest BCUT2D eigenvalue weighted by molar-refractivity contribution is 7.62. The summed E-state index contributed by atoms with van der Waals surface area (Å²) in [5.74, 6) is 0.743. The molecule has 1 saturated heterocycles. The summed E-state index contributed by atoms with van der Waals surface area (Å²) >= 11 is 0.128. The molecule has 0 spiro atoms. The van der Waals surface area contributed by atoms with E-state index in [0.29, 0.717) is 6.04 Å². The molecule has 0 unspecified atom stereocenters. The van der Waals surface area contributed by atoms with Crippen molar-refractivity contribution in [1.82, 2.24) is 19.4 Å². The molecular formula is C12H22N6OS. The molecule has 8 heteroatoms. The first-order valence-electron chi connectivity index (χ1n) is 6.88. The molecule has 0 saturated carbocycles. The van der Waals surface area contributed by atoms with Crippen molar-refractivity contribution in [2.75, 3.05) is 32.0 Å². The third kappa shape index (κ3) is 3.80. The minimum atomic E-state index is 0.128. The lowest BCUT2D eigenvalue weighted by molar-refractivity contribution is 0.272. The van der Waals surface area contributed by atoms with E-state index in [-0.39, 0.29) is 11.9 Å². The molecule has 20 heavy (non-hydrogen) atoms. The maximum absolute atomic E-state index is 10.8. The van der Waals surface area contributed by atoms with Crippen molar-refractivity contribution in [3.05, 3.63) is 12.4 Å². The number of piperidine rings is 1. The number of thiol groups is 1. The topological polar surface area (TPSA) is 74.6 Å². The van der Waals surface area contributed by atoms with E-state index < -0.39 is 0 Å². The molecule has 1 aliphatic heterocycles. The lowest BCUT2D eigenvalue weighted by Crippen LogP contribution is -2.32. The van der Waals surface area contributed by atoms with Gasteiger partial charge in [-0.15, -0.1) is 0 Å². The molecule has 1 aromatic rings. The predicted molar refractivity (Wildman–Crippen MR) is 82.3 cm³/mol. The average Bonchev–Trinajstić information content (AvgIpc) is 2.95. The van der Waals surface area contributed by atoms with Gasteiger partial charge in [0.2, 0.25) is 0 Å². The van der Waals surface area contributed by atoms with Crippen LogP contribution < -0.4 is 10.6 Å². The first-order chi connectivity index (χ1) is 9.76. The maximum atomic E-state index is 10.8. The fraction of sp³-hybridized carbons (Fsp3) is 0.667. The quantitative estimate of drug-likeness (QED) is 0.427. The van der Waals surface area contributed by atoms with Gasteiger partial charge in [-0.3, -0.25) is 9.67 Å². The fourth-order valence-electron chi connectivity index (χ4n) is 2.28. The molecule has 2 heterocycles. The van der Waals surface area contributed by atoms with Crippen molar-refractivity contribution >= 4 is 23.5 Å². The van der Waals surface area contributed by atoms with E-state index >= 15 is 0 Å². The van der Waals surface area contributed by atoms with Crippen LogP contribution in [0.25, 0.3) is 0 Å². The Labute approximate surface area is 123 Å². The van der Waals surface area contributed by atoms with Crippen molar-refractivity contribution in [1.29, 1.82) is 0 Å². The molecular weight excluding hydrogens is 276 g/mol. The van der Waals surface area contributed by atoms with E-state index in [0.717, 1.165) is 44.1 Å². The first kappa shape index (κ1) is 15.0. The number of aromatic nitrogens is 2. The molecule has 0 amide bonds. The zero-order chi connectivity index (χ0) is 14.4. The lowest BCUT2D eigenvalue weighted by atomic mass is 10.1. The standard InChI is InChI=1S/C12H22N6OS/c1-3-14-12(13-2)16-10-8-15-18(9-10)11-4-6-17(20-19)7-5-11/h8-9,11,20H,3-7H2,1-2H3,(H2,13,14,16). The van der Waals surface area contributed by atoms with E-state index in [9.17, 15) is 4.21 Å². The smallest absolute Gasteiger partial charge is 0.195 e. The number of nitrogens with zero attached hydrogens (tertiary/aromatic N) is 4. The molecule has 0 radical (unpaired) electrons. The highest BCUT2D eigenvalue weighted by atomic mass is 32.2. The summed E-state index contributed by atoms with van der Waals surface area (Å²) in [6.45, 7) is 4.41. The van der Waals surface area contributed by atoms with Crippen LogP contribution in [-0.2, 0) is 11.9 Å². The van der Waals surface area contributed by atoms with Gasteiger partial charge in [-0.2, -0.15) is 5.10 Å². The Hall–Kier alpha value is -1.41. The van der Waals surface area contributed by atoms with Crippen LogP contribution in [0.5, 0.6) is 0 Å². The Morgan fingerprint density at radius 3 is 2.90 bits per heavy atom. The third-order valence-electron chi connectivity index (χ3n) is 3.35. The molecule has 112 valence electrons. The number of aliphatic imine (C=N–C) groups is 1. The van der Waals surface area contributed by atoms with Crippen LogP contribution in [0, 0.1) is 0 Å². The fourth-order valence-corrected chi connectivity index (χ4v) is 2.67. The maximum Gasteiger partial charge on any atom is 0.195 e. The summed E-state index contributed by atoms with van der Waals surface area (Å²) in [5.41, 5.74) is 0.927. The van der Waals surface area contributed by atoms with Crippen molar-refractivity contribution in [2.45, 2.75) is 25.8 Å². The summed E-state index contributed by atoms with van der Waals surface area (Å²) in [5, 5.41) is 10.6. The van der Waals surface area contributed by atoms with E-state index in [1.54, 1.807) is 6.20 Å². The van der Waals surface area contributed by atoms with Gasteiger partial charge in [0.25, 0.3) is 0 Å². The molecule has 2 rings (SSSR count). The molecule has 0 bridgehead atoms. The summed E-state index contributed by atoms with van der Waals surface area (Å²) in [6, 6.07) is 0.379. The lowest BCUT2D eigenvalue weighted by Gasteiger charge is -2.27. The number of hydrogen-bond acceptors (Lipinski definition) is 3. The summed E-state index contributed by atoms with van der Waals surface area (Å²) < 4.78 is 14.7. The largest absolute Gasteiger partial charge is 0.359 e. The number of guanidine groups is 1. The minimum Gasteiger partial charge on any atom is -0.359 e. The van der Waals surface area contributed by atoms with Gasteiger partial charge in [-0.25, -0.2) is 8.51 Å². The van der Waals surface area contributed by atoms with E-state index in [1.165, 1.54) is 0 Å². The van der Waals surface area contributed by atoms with Crippen molar-refractivity contribution in [3.63, 3.8) is 0 Å². The molecule has 0 aliphatic carbocycles. The van der Waals surface area contributed by atoms with Gasteiger partial charge in [-0.1, -0.05) is 0 Å². The van der Waals surface area contributed by atoms with E-state index in [2.05, 4.69) is 20.7 Å². The van der Waals surface area contributed by atoms with Gasteiger partial charge < -0.3 is 10.6 Å². The van der Waals surface area contributed by atoms with Crippen LogP contribution in [0.3, 0.4) is 0 Å². The molecule has 1 aromatic heterocycles. The van der Waals surface area contributed by atoms with Crippen LogP contribution in [0.1, 0.15) is 25.8 Å². The third-order valence-corrected chi connectivity index (χ3v) is 3.98. The van der Waals surface area contributed by atoms with Crippen molar-refractivity contribution < 1.29 is 4.21 Å². The normalized spacial score (nSPS) is 18.2. The second kappa shape index (κ2) is 7.39. The number of rotatable bonds is 4. The highest BCUT2D eigenvalue weighted by Gasteiger charge is 2.20. The summed E-state index contributed by atoms with van der Waals surface area (Å²) in [6.07, 6.45) is 5.75. The Morgan fingerprint density at radius 1 is 1.55 bits per heavy atom. The van der Waals surface area contributed by atoms with Crippen molar-refractivity contribution in [2.24, 2.45) is 4.99 Å². The van der Waals surface area contributed by atoms with E-state index in [1.807, 2.05) is 29.2 Å². The zero-order valence-electron chi connectivity index (χ0n) is 11.9. The Kier molecular flexibility index (Phi) is 5.54. The van der Waals surface area contributed by atoms with E-state index in [4.69, 9.17) is 0 Å². The van der Waals surface area contributed by atoms with Crippen LogP contribution in [0.4, 0.5) is 5.69 Å². The van der Waals surface area contributed by atoms with Gasteiger partial charge in [0, 0.05) is 32.9 Å². The molecule has 2 N–H and O–H groups in total. The number of nitrogens with one attached hydrogen (secondary N) is 2. The molecule has 7 nitrogen and oxygen atoms in total. The van der Waals surface area contributed by atoms with Gasteiger partial charge in [-0.05, 0) is 19.8 Å². The van der Waals surface area contributed by atoms with Crippen LogP contribution in [0.2, 0.25) is 0 Å². The van der Waals surface area contributed by atoms with Gasteiger partial charge in [0.15, 0.2) is 5.96 Å². The Morgan fingerprint density at radius 2 is 2.30 bits per heavy atom. The van der Waals surface area contributed by atoms with Crippen LogP contribution in [0.15, 0.2) is 17.4 Å². The highest BCUT2D eigenvalue weighted by Crippen LogP contribution is 2.22. The second-order valence-corrected chi connectivity index (χ2v) is 5.40. The molecule has 0 atom stereocenters. The molecule has 1 fully saturated rings. The van der Waals surface area contributed by atoms with Crippen LogP contribution >= 0.6 is 0 Å². The van der Waals surface area contributed by atoms with Gasteiger partial charge >= 0.3 is 0 Å². The second-order valence-electron chi connectivity index (χ2n) is 4.67. The van der Waals surface area contributed by atoms with Gasteiger partial charge in [0.1, 0.15) is 0 Å². The molecule has 0 aromatic carbocycles. The average molecular weight is 298 g/mol. The predicted octanol–water partition coefficient (Wildman–Crippen LogP) is 0.388. The Bertz CT molecular complexity index is 466. The van der Waals surface area contributed by atoms with Crippen LogP contribution in [-0.4, -0.2) is 50.9 Å². The minimum absolute atomic E-state index is 0.128. The van der Waals surface area contributed by atoms with Gasteiger partial charge in [0.05, 0.1) is 29.8 Å². The zero-order valence-corrected chi connectivity index (χ0v) is 12.8. The number of hydrogen-bond donors (Lipinski definition) is 3. The first-order valence-corrected chi connectivity index (χ1v) is 7.65. The summed E-state index contributed by atoms with van der Waals surface area (Å²) in [4.78, 5) is 4.30. The van der Waals surface area contributed by atoms with Crippen molar-refractivity contribution in [3.8, 4) is 0 Å². The SMILES string of the molecule is CC/N=C(\NC)Nc1cnn(C2CCN([SH]=O)CC2)c1. The Balaban J connectivity index is 1.95. The summed E-state index contributed by atoms with van der Waals surface area (Å²) in [7, 11) is 1.84. The monoisotopic (exact) mass is 298 g/mol.